The van der Waals surface area contributed by atoms with Crippen LogP contribution < -0.4 is 15.2 Å². The lowest BCUT2D eigenvalue weighted by Crippen LogP contribution is -2.34. The number of ether oxygens (including phenoxy) is 2. The van der Waals surface area contributed by atoms with Crippen molar-refractivity contribution in [1.29, 1.82) is 0 Å². The molecule has 5 nitrogen and oxygen atoms in total. The van der Waals surface area contributed by atoms with Gasteiger partial charge < -0.3 is 20.1 Å². The van der Waals surface area contributed by atoms with Gasteiger partial charge in [-0.15, -0.1) is 0 Å². The average Bonchev–Trinajstić information content (AvgIpc) is 2.77. The molecule has 2 rings (SSSR count). The average molecular weight is 292 g/mol. The smallest absolute Gasteiger partial charge is 0.224 e. The molecule has 2 atom stereocenters. The van der Waals surface area contributed by atoms with E-state index in [-0.39, 0.29) is 18.0 Å². The summed E-state index contributed by atoms with van der Waals surface area (Å²) >= 11 is 0. The predicted octanol–water partition coefficient (Wildman–Crippen LogP) is 2.10. The standard InChI is InChI=1S/C16H24N2O3/c1-4-5-9-18-14(19)10-12(17)15(18)11-7-6-8-13(20-2)16(11)21-3/h6-8,12,15H,4-5,9-10,17H2,1-3H3. The first-order valence-corrected chi connectivity index (χ1v) is 7.40. The minimum absolute atomic E-state index is 0.117. The highest BCUT2D eigenvalue weighted by Gasteiger charge is 2.40. The minimum atomic E-state index is -0.213. The van der Waals surface area contributed by atoms with E-state index in [9.17, 15) is 4.79 Å². The normalized spacial score (nSPS) is 21.7. The summed E-state index contributed by atoms with van der Waals surface area (Å²) in [5.74, 6) is 1.44. The molecule has 1 aliphatic rings. The van der Waals surface area contributed by atoms with Crippen LogP contribution in [0.3, 0.4) is 0 Å². The van der Waals surface area contributed by atoms with Crippen molar-refractivity contribution >= 4 is 5.91 Å². The molecule has 2 N–H and O–H groups in total. The van der Waals surface area contributed by atoms with Crippen LogP contribution in [0.25, 0.3) is 0 Å². The van der Waals surface area contributed by atoms with Crippen molar-refractivity contribution in [1.82, 2.24) is 4.90 Å². The fraction of sp³-hybridized carbons (Fsp3) is 0.562. The van der Waals surface area contributed by atoms with E-state index in [1.165, 1.54) is 0 Å². The molecule has 0 aromatic heterocycles. The van der Waals surface area contributed by atoms with E-state index >= 15 is 0 Å². The van der Waals surface area contributed by atoms with E-state index in [0.29, 0.717) is 17.9 Å². The lowest BCUT2D eigenvalue weighted by atomic mass is 9.99. The van der Waals surface area contributed by atoms with E-state index in [1.54, 1.807) is 14.2 Å². The molecule has 0 radical (unpaired) electrons. The van der Waals surface area contributed by atoms with Crippen LogP contribution >= 0.6 is 0 Å². The number of methoxy groups -OCH3 is 2. The van der Waals surface area contributed by atoms with E-state index in [2.05, 4.69) is 6.92 Å². The second-order valence-electron chi connectivity index (χ2n) is 5.34. The van der Waals surface area contributed by atoms with Gasteiger partial charge in [0.25, 0.3) is 0 Å². The molecule has 1 amide bonds. The van der Waals surface area contributed by atoms with Gasteiger partial charge in [-0.2, -0.15) is 0 Å². The zero-order chi connectivity index (χ0) is 15.4. The fourth-order valence-electron chi connectivity index (χ4n) is 2.95. The van der Waals surface area contributed by atoms with Gasteiger partial charge >= 0.3 is 0 Å². The van der Waals surface area contributed by atoms with Gasteiger partial charge in [-0.3, -0.25) is 4.79 Å². The molecule has 0 saturated carbocycles. The molecule has 1 aromatic rings. The second-order valence-corrected chi connectivity index (χ2v) is 5.34. The number of rotatable bonds is 6. The van der Waals surface area contributed by atoms with Crippen molar-refractivity contribution in [2.24, 2.45) is 5.73 Å². The van der Waals surface area contributed by atoms with Crippen LogP contribution in [0, 0.1) is 0 Å². The summed E-state index contributed by atoms with van der Waals surface area (Å²) in [6.45, 7) is 2.84. The summed E-state index contributed by atoms with van der Waals surface area (Å²) in [4.78, 5) is 14.1. The number of unbranched alkanes of at least 4 members (excludes halogenated alkanes) is 1. The molecule has 1 heterocycles. The van der Waals surface area contributed by atoms with E-state index < -0.39 is 0 Å². The van der Waals surface area contributed by atoms with Crippen molar-refractivity contribution in [3.8, 4) is 11.5 Å². The summed E-state index contributed by atoms with van der Waals surface area (Å²) in [7, 11) is 3.22. The highest BCUT2D eigenvalue weighted by atomic mass is 16.5. The number of carbonyl (C=O) groups is 1. The lowest BCUT2D eigenvalue weighted by Gasteiger charge is -2.29. The highest BCUT2D eigenvalue weighted by Crippen LogP contribution is 2.41. The maximum Gasteiger partial charge on any atom is 0.224 e. The quantitative estimate of drug-likeness (QED) is 0.872. The van der Waals surface area contributed by atoms with Crippen LogP contribution in [-0.2, 0) is 4.79 Å². The van der Waals surface area contributed by atoms with Crippen molar-refractivity contribution in [2.45, 2.75) is 38.3 Å². The van der Waals surface area contributed by atoms with Crippen molar-refractivity contribution in [3.05, 3.63) is 23.8 Å². The van der Waals surface area contributed by atoms with Crippen molar-refractivity contribution < 1.29 is 14.3 Å². The van der Waals surface area contributed by atoms with Crippen LogP contribution in [0.4, 0.5) is 0 Å². The maximum absolute atomic E-state index is 12.2. The molecule has 1 saturated heterocycles. The molecule has 116 valence electrons. The Morgan fingerprint density at radius 3 is 2.71 bits per heavy atom. The Hall–Kier alpha value is -1.75. The predicted molar refractivity (Wildman–Crippen MR) is 81.5 cm³/mol. The first-order valence-electron chi connectivity index (χ1n) is 7.40. The number of hydrogen-bond acceptors (Lipinski definition) is 4. The van der Waals surface area contributed by atoms with Crippen molar-refractivity contribution in [2.75, 3.05) is 20.8 Å². The number of benzene rings is 1. The first kappa shape index (κ1) is 15.6. The van der Waals surface area contributed by atoms with Gasteiger partial charge in [-0.1, -0.05) is 25.5 Å². The third-order valence-corrected chi connectivity index (χ3v) is 3.98. The number of likely N-dealkylation sites (tertiary alicyclic amines) is 1. The number of carbonyl (C=O) groups excluding carboxylic acids is 1. The van der Waals surface area contributed by atoms with Crippen LogP contribution in [0.5, 0.6) is 11.5 Å². The number of hydrogen-bond donors (Lipinski definition) is 1. The van der Waals surface area contributed by atoms with Crippen LogP contribution in [-0.4, -0.2) is 37.6 Å². The van der Waals surface area contributed by atoms with Crippen LogP contribution in [0.2, 0.25) is 0 Å². The number of para-hydroxylation sites is 1. The molecule has 1 aromatic carbocycles. The third-order valence-electron chi connectivity index (χ3n) is 3.98. The molecule has 1 fully saturated rings. The molecule has 1 aliphatic heterocycles. The van der Waals surface area contributed by atoms with Gasteiger partial charge in [0.1, 0.15) is 0 Å². The molecule has 0 spiro atoms. The van der Waals surface area contributed by atoms with Gasteiger partial charge in [0, 0.05) is 24.6 Å². The van der Waals surface area contributed by atoms with E-state index in [0.717, 1.165) is 24.9 Å². The lowest BCUT2D eigenvalue weighted by molar-refractivity contribution is -0.129. The molecule has 0 bridgehead atoms. The Bertz CT molecular complexity index is 504. The summed E-state index contributed by atoms with van der Waals surface area (Å²) < 4.78 is 10.8. The Labute approximate surface area is 126 Å². The van der Waals surface area contributed by atoms with E-state index in [1.807, 2.05) is 23.1 Å². The Morgan fingerprint density at radius 2 is 2.10 bits per heavy atom. The largest absolute Gasteiger partial charge is 0.493 e. The fourth-order valence-corrected chi connectivity index (χ4v) is 2.95. The topological polar surface area (TPSA) is 64.8 Å². The van der Waals surface area contributed by atoms with E-state index in [4.69, 9.17) is 15.2 Å². The second kappa shape index (κ2) is 6.80. The van der Waals surface area contributed by atoms with Gasteiger partial charge in [0.2, 0.25) is 5.91 Å². The summed E-state index contributed by atoms with van der Waals surface area (Å²) in [5.41, 5.74) is 7.14. The highest BCUT2D eigenvalue weighted by molar-refractivity contribution is 5.80. The monoisotopic (exact) mass is 292 g/mol. The van der Waals surface area contributed by atoms with Gasteiger partial charge in [0.05, 0.1) is 20.3 Å². The Morgan fingerprint density at radius 1 is 1.33 bits per heavy atom. The van der Waals surface area contributed by atoms with Gasteiger partial charge in [-0.05, 0) is 12.5 Å². The van der Waals surface area contributed by atoms with Gasteiger partial charge in [-0.25, -0.2) is 0 Å². The third kappa shape index (κ3) is 2.97. The molecular formula is C16H24N2O3. The Balaban J connectivity index is 2.40. The number of nitrogens with two attached hydrogens (primary N) is 1. The summed E-state index contributed by atoms with van der Waals surface area (Å²) in [6, 6.07) is 5.36. The molecule has 2 unspecified atom stereocenters. The molecule has 21 heavy (non-hydrogen) atoms. The summed E-state index contributed by atoms with van der Waals surface area (Å²) in [6.07, 6.45) is 2.40. The zero-order valence-corrected chi connectivity index (χ0v) is 13.0. The van der Waals surface area contributed by atoms with Crippen molar-refractivity contribution in [3.63, 3.8) is 0 Å². The van der Waals surface area contributed by atoms with Gasteiger partial charge in [0.15, 0.2) is 11.5 Å². The molecule has 0 aliphatic carbocycles. The van der Waals surface area contributed by atoms with Crippen LogP contribution in [0.15, 0.2) is 18.2 Å². The number of nitrogens with zero attached hydrogens (tertiary/aromatic N) is 1. The zero-order valence-electron chi connectivity index (χ0n) is 13.0. The molecular weight excluding hydrogens is 268 g/mol. The SMILES string of the molecule is CCCCN1C(=O)CC(N)C1c1cccc(OC)c1OC. The molecule has 5 heteroatoms. The summed E-state index contributed by atoms with van der Waals surface area (Å²) in [5, 5.41) is 0. The maximum atomic E-state index is 12.2. The Kier molecular flexibility index (Phi) is 5.07. The first-order chi connectivity index (χ1) is 10.1. The van der Waals surface area contributed by atoms with Crippen LogP contribution in [0.1, 0.15) is 37.8 Å². The minimum Gasteiger partial charge on any atom is -0.493 e. The number of amides is 1.